The van der Waals surface area contributed by atoms with Gasteiger partial charge in [-0.05, 0) is 49.1 Å². The minimum absolute atomic E-state index is 0.00661. The molecule has 43 heavy (non-hydrogen) atoms. The molecule has 1 aromatic carbocycles. The van der Waals surface area contributed by atoms with Crippen LogP contribution in [-0.4, -0.2) is 54.9 Å². The van der Waals surface area contributed by atoms with Crippen molar-refractivity contribution in [1.29, 1.82) is 5.26 Å². The molecule has 2 N–H and O–H groups in total. The molecule has 0 aliphatic carbocycles. The molecule has 1 saturated heterocycles. The van der Waals surface area contributed by atoms with Gasteiger partial charge in [-0.25, -0.2) is 18.7 Å². The van der Waals surface area contributed by atoms with Crippen LogP contribution in [0.3, 0.4) is 0 Å². The number of aryl methyl sites for hydroxylation is 1. The Morgan fingerprint density at radius 3 is 2.60 bits per heavy atom. The van der Waals surface area contributed by atoms with E-state index in [-0.39, 0.29) is 21.6 Å². The number of thiophene rings is 1. The van der Waals surface area contributed by atoms with Gasteiger partial charge in [0, 0.05) is 53.2 Å². The fraction of sp³-hybridized carbons (Fsp3) is 0.379. The van der Waals surface area contributed by atoms with E-state index in [9.17, 15) is 27.2 Å². The average molecular weight is 615 g/mol. The number of piperidine rings is 1. The molecule has 4 aromatic heterocycles. The summed E-state index contributed by atoms with van der Waals surface area (Å²) in [5, 5.41) is 21.1. The quantitative estimate of drug-likeness (QED) is 0.189. The molecule has 5 aromatic rings. The summed E-state index contributed by atoms with van der Waals surface area (Å²) in [5.74, 6) is -0.546. The Morgan fingerprint density at radius 2 is 1.93 bits per heavy atom. The lowest BCUT2D eigenvalue weighted by atomic mass is 10.0. The lowest BCUT2D eigenvalue weighted by molar-refractivity contribution is -0.126. The van der Waals surface area contributed by atoms with E-state index in [4.69, 9.17) is 0 Å². The van der Waals surface area contributed by atoms with Crippen LogP contribution in [0, 0.1) is 18.3 Å². The minimum Gasteiger partial charge on any atom is -0.367 e. The number of hydrogen-bond acceptors (Lipinski definition) is 7. The maximum atomic E-state index is 13.5. The molecule has 14 heteroatoms. The maximum Gasteiger partial charge on any atom is 0.393 e. The van der Waals surface area contributed by atoms with Crippen molar-refractivity contribution in [3.63, 3.8) is 0 Å². The number of benzene rings is 1. The van der Waals surface area contributed by atoms with Crippen molar-refractivity contribution in [1.82, 2.24) is 29.6 Å². The zero-order valence-electron chi connectivity index (χ0n) is 23.0. The Labute approximate surface area is 247 Å². The van der Waals surface area contributed by atoms with E-state index in [2.05, 4.69) is 49.4 Å². The van der Waals surface area contributed by atoms with Crippen LogP contribution in [-0.2, 0) is 19.5 Å². The normalized spacial score (nSPS) is 15.1. The van der Waals surface area contributed by atoms with Crippen molar-refractivity contribution in [2.24, 2.45) is 0 Å². The molecule has 5 heterocycles. The van der Waals surface area contributed by atoms with Crippen LogP contribution in [0.5, 0.6) is 0 Å². The van der Waals surface area contributed by atoms with Gasteiger partial charge in [-0.2, -0.15) is 23.5 Å². The number of fused-ring (bicyclic) bond motifs is 2. The molecule has 0 unspecified atom stereocenters. The molecule has 0 radical (unpaired) electrons. The van der Waals surface area contributed by atoms with E-state index in [0.717, 1.165) is 52.0 Å². The van der Waals surface area contributed by atoms with Crippen molar-refractivity contribution in [2.45, 2.75) is 57.9 Å². The highest BCUT2D eigenvalue weighted by molar-refractivity contribution is 7.18. The molecule has 0 spiro atoms. The molecule has 0 amide bonds. The number of nitrogens with zero attached hydrogens (tertiary/aromatic N) is 6. The minimum atomic E-state index is -4.41. The summed E-state index contributed by atoms with van der Waals surface area (Å²) in [7, 11) is 0. The summed E-state index contributed by atoms with van der Waals surface area (Å²) in [6, 6.07) is 9.62. The lowest BCUT2D eigenvalue weighted by Crippen LogP contribution is -2.39. The average Bonchev–Trinajstić information content (AvgIpc) is 3.70. The Morgan fingerprint density at radius 1 is 1.14 bits per heavy atom. The topological polar surface area (TPSA) is 98.5 Å². The van der Waals surface area contributed by atoms with E-state index >= 15 is 0 Å². The van der Waals surface area contributed by atoms with E-state index < -0.39 is 24.8 Å². The Balaban J connectivity index is 1.15. The predicted octanol–water partition coefficient (Wildman–Crippen LogP) is 6.72. The summed E-state index contributed by atoms with van der Waals surface area (Å²) in [4.78, 5) is 10.2. The molecule has 1 aliphatic rings. The van der Waals surface area contributed by atoms with Crippen molar-refractivity contribution in [2.75, 3.05) is 18.4 Å². The smallest absolute Gasteiger partial charge is 0.367 e. The van der Waals surface area contributed by atoms with Gasteiger partial charge in [-0.1, -0.05) is 6.07 Å². The Hall–Kier alpha value is -4.09. The third kappa shape index (κ3) is 6.18. The number of alkyl halides is 5. The molecular weight excluding hydrogens is 587 g/mol. The summed E-state index contributed by atoms with van der Waals surface area (Å²) >= 11 is 0.764. The van der Waals surface area contributed by atoms with Gasteiger partial charge in [0.15, 0.2) is 5.82 Å². The fourth-order valence-corrected chi connectivity index (χ4v) is 6.72. The molecule has 8 nitrogen and oxygen atoms in total. The number of nitriles is 1. The highest BCUT2D eigenvalue weighted by atomic mass is 32.1. The second-order valence-electron chi connectivity index (χ2n) is 10.8. The van der Waals surface area contributed by atoms with Crippen LogP contribution in [0.2, 0.25) is 0 Å². The van der Waals surface area contributed by atoms with Crippen LogP contribution >= 0.6 is 11.3 Å². The van der Waals surface area contributed by atoms with Crippen LogP contribution in [0.25, 0.3) is 21.1 Å². The molecule has 1 aliphatic heterocycles. The molecule has 6 rings (SSSR count). The SMILES string of the molecule is Cc1c(CN2CCC(Nc3nc(C(F)F)nc4sc(CC(F)(F)F)cc34)CC2)ccc2c1cc(C#N)n2Cc1cn[nH]c1. The Kier molecular flexibility index (Phi) is 7.78. The number of anilines is 1. The Bertz CT molecular complexity index is 1790. The predicted molar refractivity (Wildman–Crippen MR) is 153 cm³/mol. The van der Waals surface area contributed by atoms with Crippen LogP contribution < -0.4 is 5.32 Å². The molecule has 0 bridgehead atoms. The number of hydrogen-bond donors (Lipinski definition) is 2. The van der Waals surface area contributed by atoms with Crippen molar-refractivity contribution >= 4 is 38.3 Å². The van der Waals surface area contributed by atoms with Crippen LogP contribution in [0.1, 0.15) is 52.4 Å². The zero-order chi connectivity index (χ0) is 30.3. The molecule has 0 atom stereocenters. The molecule has 1 fully saturated rings. The van der Waals surface area contributed by atoms with E-state index in [1.54, 1.807) is 6.20 Å². The lowest BCUT2D eigenvalue weighted by Gasteiger charge is -2.33. The number of nitrogens with one attached hydrogen (secondary N) is 2. The third-order valence-electron chi connectivity index (χ3n) is 7.83. The number of likely N-dealkylation sites (tertiary alicyclic amines) is 1. The van der Waals surface area contributed by atoms with Crippen molar-refractivity contribution in [3.05, 3.63) is 69.7 Å². The van der Waals surface area contributed by atoms with Crippen LogP contribution in [0.15, 0.2) is 36.7 Å². The largest absolute Gasteiger partial charge is 0.393 e. The van der Waals surface area contributed by atoms with Gasteiger partial charge in [0.05, 0.1) is 24.5 Å². The number of aromatic nitrogens is 5. The van der Waals surface area contributed by atoms with Gasteiger partial charge in [0.1, 0.15) is 22.4 Å². The van der Waals surface area contributed by atoms with Gasteiger partial charge in [-0.15, -0.1) is 11.3 Å². The highest BCUT2D eigenvalue weighted by Crippen LogP contribution is 2.35. The third-order valence-corrected chi connectivity index (χ3v) is 8.86. The van der Waals surface area contributed by atoms with Gasteiger partial charge in [0.2, 0.25) is 0 Å². The first-order valence-corrected chi connectivity index (χ1v) is 14.5. The standard InChI is InChI=1S/C29H27F5N8S/c1-16-18(2-3-24-22(16)8-20(11-35)42(24)14-17-12-36-37-13-17)15-41-6-4-19(5-7-41)38-26-23-9-21(10-29(32,33)34)43-28(23)40-27(39-26)25(30)31/h2-3,8-9,12-13,19,25H,4-7,10,14-15H2,1H3,(H,36,37)(H,38,39,40). The van der Waals surface area contributed by atoms with E-state index in [1.807, 2.05) is 22.9 Å². The fourth-order valence-electron chi connectivity index (χ4n) is 5.65. The summed E-state index contributed by atoms with van der Waals surface area (Å²) in [6.45, 7) is 4.78. The van der Waals surface area contributed by atoms with Crippen molar-refractivity contribution < 1.29 is 22.0 Å². The molecular formula is C29H27F5N8S. The summed E-state index contributed by atoms with van der Waals surface area (Å²) in [5.41, 5.74) is 4.79. The number of halogens is 5. The highest BCUT2D eigenvalue weighted by Gasteiger charge is 2.30. The van der Waals surface area contributed by atoms with Gasteiger partial charge >= 0.3 is 6.18 Å². The zero-order valence-corrected chi connectivity index (χ0v) is 23.9. The first-order valence-electron chi connectivity index (χ1n) is 13.7. The second kappa shape index (κ2) is 11.5. The van der Waals surface area contributed by atoms with E-state index in [1.165, 1.54) is 6.07 Å². The molecule has 224 valence electrons. The maximum absolute atomic E-state index is 13.5. The van der Waals surface area contributed by atoms with Gasteiger partial charge in [0.25, 0.3) is 6.43 Å². The number of H-pyrrole nitrogens is 1. The van der Waals surface area contributed by atoms with Crippen molar-refractivity contribution in [3.8, 4) is 6.07 Å². The van der Waals surface area contributed by atoms with Gasteiger partial charge in [-0.3, -0.25) is 10.00 Å². The monoisotopic (exact) mass is 614 g/mol. The van der Waals surface area contributed by atoms with Crippen LogP contribution in [0.4, 0.5) is 27.8 Å². The van der Waals surface area contributed by atoms with E-state index in [0.29, 0.717) is 37.0 Å². The first-order chi connectivity index (χ1) is 20.6. The summed E-state index contributed by atoms with van der Waals surface area (Å²) < 4.78 is 67.9. The summed E-state index contributed by atoms with van der Waals surface area (Å²) in [6.07, 6.45) is -3.54. The number of rotatable bonds is 8. The molecule has 0 saturated carbocycles. The van der Waals surface area contributed by atoms with Gasteiger partial charge < -0.3 is 9.88 Å². The second-order valence-corrected chi connectivity index (χ2v) is 11.9. The number of aromatic amines is 1. The first kappa shape index (κ1) is 29.0.